The third-order valence-corrected chi connectivity index (χ3v) is 17.9. The molecule has 5 unspecified atom stereocenters. The van der Waals surface area contributed by atoms with Crippen molar-refractivity contribution in [3.8, 4) is 0 Å². The number of esters is 4. The van der Waals surface area contributed by atoms with Gasteiger partial charge in [-0.05, 0) is 167 Å². The SMILES string of the molecule is CC/C=C\C/C=C\C/C=C\C/C=C\CCCCCCC(=O)OCC(COP(=O)(O)OCC(O)COP(=O)(O)OCC(COC(=O)CCCC/C=C\C/C=C\C/C=C\C/C=C\CC)OC(=O)CCCCCCC/C=C\CCCCCCCC)OC(=O)CCCCCC/C=C\C/C=C\C/C=C\C/C=C\CC. The lowest BCUT2D eigenvalue weighted by Gasteiger charge is -2.21. The summed E-state index contributed by atoms with van der Waals surface area (Å²) in [7, 11) is -10.00. The number of unbranched alkanes of at least 4 members (excludes halogenated alkanes) is 21. The van der Waals surface area contributed by atoms with Crippen LogP contribution in [0.2, 0.25) is 0 Å². The second kappa shape index (κ2) is 75.9. The van der Waals surface area contributed by atoms with E-state index in [1.807, 2.05) is 0 Å². The van der Waals surface area contributed by atoms with E-state index in [0.717, 1.165) is 180 Å². The van der Waals surface area contributed by atoms with Crippen molar-refractivity contribution in [3.63, 3.8) is 0 Å². The monoisotopic (exact) mass is 1490 g/mol. The normalized spacial score (nSPS) is 14.7. The molecule has 0 aromatic heterocycles. The minimum atomic E-state index is -5.00. The first kappa shape index (κ1) is 98.7. The number of hydrogen-bond donors (Lipinski definition) is 3. The molecule has 19 heteroatoms. The average Bonchev–Trinajstić information content (AvgIpc) is 0.926. The number of phosphoric ester groups is 2. The van der Waals surface area contributed by atoms with Gasteiger partial charge in [-0.3, -0.25) is 37.3 Å². The first-order valence-corrected chi connectivity index (χ1v) is 42.7. The van der Waals surface area contributed by atoms with Crippen molar-refractivity contribution in [2.24, 2.45) is 0 Å². The van der Waals surface area contributed by atoms with Gasteiger partial charge in [-0.1, -0.05) is 263 Å². The fourth-order valence-corrected chi connectivity index (χ4v) is 11.6. The Morgan fingerprint density at radius 3 is 0.798 bits per heavy atom. The minimum Gasteiger partial charge on any atom is -0.462 e. The molecule has 0 saturated carbocycles. The van der Waals surface area contributed by atoms with Gasteiger partial charge in [0.2, 0.25) is 0 Å². The standard InChI is InChI=1S/C85H140O17P2/c1-5-9-13-17-21-25-29-33-37-39-43-46-50-54-58-62-66-70-83(88)96-76-81(102-85(90)72-68-64-60-56-52-48-44-40-38-34-30-26-22-18-14-10-6-2)78-100-104(93,94)98-74-79(86)73-97-103(91,92)99-77-80(101-84(89)71-67-63-59-55-51-47-42-36-32-28-24-20-16-12-8-4)75-95-82(87)69-65-61-57-53-49-45-41-35-31-27-23-19-15-11-7-3/h9-11,13-15,21-23,25-27,33-38,41-44,46,48-49,53,79-81,86H,5-8,12,16-20,24,28-32,39-40,45,47,50-52,54-78H2,1-4H3,(H,91,92)(H,93,94)/b13-9-,14-10-,15-11-,25-21-,26-22-,27-23-,37-33-,38-34-,41-35-,42-36-,46-43-,48-44-,53-49-. The molecule has 0 bridgehead atoms. The molecular formula is C85H140O17P2. The lowest BCUT2D eigenvalue weighted by atomic mass is 10.1. The second-order valence-corrected chi connectivity index (χ2v) is 28.8. The van der Waals surface area contributed by atoms with Gasteiger partial charge in [0.25, 0.3) is 0 Å². The van der Waals surface area contributed by atoms with E-state index < -0.39 is 97.5 Å². The number of aliphatic hydroxyl groups is 1. The number of ether oxygens (including phenoxy) is 4. The van der Waals surface area contributed by atoms with E-state index in [2.05, 4.69) is 186 Å². The molecule has 0 aromatic carbocycles. The number of phosphoric acid groups is 2. The van der Waals surface area contributed by atoms with Crippen molar-refractivity contribution in [1.29, 1.82) is 0 Å². The number of carbonyl (C=O) groups is 4. The second-order valence-electron chi connectivity index (χ2n) is 25.9. The van der Waals surface area contributed by atoms with E-state index in [0.29, 0.717) is 25.7 Å². The zero-order chi connectivity index (χ0) is 76.0. The van der Waals surface area contributed by atoms with E-state index in [1.165, 1.54) is 38.5 Å². The maximum absolute atomic E-state index is 13.1. The summed E-state index contributed by atoms with van der Waals surface area (Å²) in [5.41, 5.74) is 0. The van der Waals surface area contributed by atoms with Crippen LogP contribution in [0.4, 0.5) is 0 Å². The molecule has 104 heavy (non-hydrogen) atoms. The Labute approximate surface area is 629 Å². The summed E-state index contributed by atoms with van der Waals surface area (Å²) in [5.74, 6) is -2.29. The summed E-state index contributed by atoms with van der Waals surface area (Å²) < 4.78 is 68.5. The van der Waals surface area contributed by atoms with Crippen LogP contribution in [0.15, 0.2) is 158 Å². The van der Waals surface area contributed by atoms with E-state index >= 15 is 0 Å². The Hall–Kier alpha value is -5.32. The highest BCUT2D eigenvalue weighted by atomic mass is 31.2. The largest absolute Gasteiger partial charge is 0.472 e. The predicted octanol–water partition coefficient (Wildman–Crippen LogP) is 23.2. The van der Waals surface area contributed by atoms with Gasteiger partial charge in [-0.25, -0.2) is 9.13 Å². The maximum Gasteiger partial charge on any atom is 0.472 e. The van der Waals surface area contributed by atoms with Crippen LogP contribution in [0.3, 0.4) is 0 Å². The van der Waals surface area contributed by atoms with E-state index in [1.54, 1.807) is 0 Å². The van der Waals surface area contributed by atoms with Crippen LogP contribution < -0.4 is 0 Å². The van der Waals surface area contributed by atoms with E-state index in [4.69, 9.17) is 37.0 Å². The molecule has 0 spiro atoms. The molecule has 0 aliphatic heterocycles. The Balaban J connectivity index is 5.47. The third-order valence-electron chi connectivity index (χ3n) is 16.0. The quantitative estimate of drug-likeness (QED) is 0.0169. The van der Waals surface area contributed by atoms with Crippen molar-refractivity contribution in [2.75, 3.05) is 39.6 Å². The fourth-order valence-electron chi connectivity index (χ4n) is 10.0. The summed E-state index contributed by atoms with van der Waals surface area (Å²) in [4.78, 5) is 73.0. The van der Waals surface area contributed by atoms with Gasteiger partial charge in [0.05, 0.1) is 26.4 Å². The first-order chi connectivity index (χ1) is 50.7. The summed E-state index contributed by atoms with van der Waals surface area (Å²) in [5, 5.41) is 10.6. The van der Waals surface area contributed by atoms with Gasteiger partial charge >= 0.3 is 39.5 Å². The van der Waals surface area contributed by atoms with Crippen molar-refractivity contribution < 1.29 is 80.2 Å². The first-order valence-electron chi connectivity index (χ1n) is 39.7. The van der Waals surface area contributed by atoms with Gasteiger partial charge in [-0.15, -0.1) is 0 Å². The molecular weight excluding hydrogens is 1350 g/mol. The Kier molecular flexibility index (Phi) is 72.0. The smallest absolute Gasteiger partial charge is 0.462 e. The molecule has 0 fully saturated rings. The van der Waals surface area contributed by atoms with Crippen molar-refractivity contribution in [1.82, 2.24) is 0 Å². The topological polar surface area (TPSA) is 237 Å². The zero-order valence-corrected chi connectivity index (χ0v) is 66.4. The van der Waals surface area contributed by atoms with Crippen molar-refractivity contribution in [3.05, 3.63) is 158 Å². The third kappa shape index (κ3) is 74.9. The summed E-state index contributed by atoms with van der Waals surface area (Å²) in [6.45, 7) is 4.41. The number of aliphatic hydroxyl groups excluding tert-OH is 1. The Bertz CT molecular complexity index is 2590. The minimum absolute atomic E-state index is 0.0548. The molecule has 17 nitrogen and oxygen atoms in total. The van der Waals surface area contributed by atoms with Gasteiger partial charge in [0, 0.05) is 25.7 Å². The van der Waals surface area contributed by atoms with Crippen LogP contribution in [0, 0.1) is 0 Å². The fraction of sp³-hybridized carbons (Fsp3) is 0.647. The molecule has 0 aliphatic rings. The summed E-state index contributed by atoms with van der Waals surface area (Å²) in [6, 6.07) is 0. The molecule has 0 heterocycles. The molecule has 0 rings (SSSR count). The molecule has 0 radical (unpaired) electrons. The Morgan fingerprint density at radius 2 is 0.500 bits per heavy atom. The van der Waals surface area contributed by atoms with Gasteiger partial charge in [0.1, 0.15) is 19.3 Å². The molecule has 5 atom stereocenters. The van der Waals surface area contributed by atoms with Crippen molar-refractivity contribution in [2.45, 2.75) is 316 Å². The lowest BCUT2D eigenvalue weighted by molar-refractivity contribution is -0.161. The number of carbonyl (C=O) groups excluding carboxylic acids is 4. The molecule has 0 amide bonds. The van der Waals surface area contributed by atoms with Crippen LogP contribution in [0.25, 0.3) is 0 Å². The highest BCUT2D eigenvalue weighted by Crippen LogP contribution is 2.45. The van der Waals surface area contributed by atoms with Crippen LogP contribution in [-0.2, 0) is 65.4 Å². The number of allylic oxidation sites excluding steroid dienone is 26. The van der Waals surface area contributed by atoms with Crippen molar-refractivity contribution >= 4 is 39.5 Å². The summed E-state index contributed by atoms with van der Waals surface area (Å²) >= 11 is 0. The van der Waals surface area contributed by atoms with E-state index in [9.17, 15) is 43.2 Å². The molecule has 3 N–H and O–H groups in total. The molecule has 0 aromatic rings. The maximum atomic E-state index is 13.1. The Morgan fingerprint density at radius 1 is 0.279 bits per heavy atom. The molecule has 0 aliphatic carbocycles. The van der Waals surface area contributed by atoms with E-state index in [-0.39, 0.29) is 25.7 Å². The highest BCUT2D eigenvalue weighted by Gasteiger charge is 2.30. The highest BCUT2D eigenvalue weighted by molar-refractivity contribution is 7.47. The van der Waals surface area contributed by atoms with Crippen LogP contribution in [-0.4, -0.2) is 96.7 Å². The van der Waals surface area contributed by atoms with Crippen LogP contribution in [0.1, 0.15) is 297 Å². The van der Waals surface area contributed by atoms with Gasteiger partial charge in [-0.2, -0.15) is 0 Å². The summed E-state index contributed by atoms with van der Waals surface area (Å²) in [6.07, 6.45) is 88.0. The number of rotatable bonds is 73. The number of hydrogen-bond acceptors (Lipinski definition) is 15. The predicted molar refractivity (Wildman–Crippen MR) is 427 cm³/mol. The van der Waals surface area contributed by atoms with Gasteiger partial charge < -0.3 is 33.8 Å². The average molecular weight is 1500 g/mol. The van der Waals surface area contributed by atoms with Crippen LogP contribution >= 0.6 is 15.6 Å². The van der Waals surface area contributed by atoms with Crippen LogP contribution in [0.5, 0.6) is 0 Å². The zero-order valence-electron chi connectivity index (χ0n) is 64.6. The van der Waals surface area contributed by atoms with Gasteiger partial charge in [0.15, 0.2) is 12.2 Å². The molecule has 0 saturated heterocycles. The lowest BCUT2D eigenvalue weighted by Crippen LogP contribution is -2.30. The molecule has 592 valence electrons.